The molecule has 1 aromatic rings. The fourth-order valence-corrected chi connectivity index (χ4v) is 1.11. The molecule has 0 fully saturated rings. The Morgan fingerprint density at radius 2 is 1.85 bits per heavy atom. The first-order chi connectivity index (χ1) is 6.03. The second-order valence-corrected chi connectivity index (χ2v) is 3.68. The van der Waals surface area contributed by atoms with E-state index in [1.807, 2.05) is 0 Å². The van der Waals surface area contributed by atoms with Crippen molar-refractivity contribution in [3.63, 3.8) is 0 Å². The van der Waals surface area contributed by atoms with Gasteiger partial charge in [0, 0.05) is 0 Å². The van der Waals surface area contributed by atoms with Gasteiger partial charge in [0.25, 0.3) is 0 Å². The van der Waals surface area contributed by atoms with Crippen molar-refractivity contribution in [1.82, 2.24) is 0 Å². The Morgan fingerprint density at radius 1 is 1.31 bits per heavy atom. The molecule has 0 bridgehead atoms. The molecule has 0 N–H and O–H groups in total. The van der Waals surface area contributed by atoms with Crippen LogP contribution in [0, 0.1) is 5.82 Å². The summed E-state index contributed by atoms with van der Waals surface area (Å²) >= 11 is 0. The van der Waals surface area contributed by atoms with Crippen molar-refractivity contribution in [2.45, 2.75) is 0 Å². The van der Waals surface area contributed by atoms with Crippen molar-refractivity contribution < 1.29 is 17.0 Å². The van der Waals surface area contributed by atoms with Gasteiger partial charge in [-0.1, -0.05) is 6.58 Å². The van der Waals surface area contributed by atoms with Crippen LogP contribution in [0.2, 0.25) is 0 Å². The van der Waals surface area contributed by atoms with Crippen molar-refractivity contribution in [3.05, 3.63) is 42.1 Å². The van der Waals surface area contributed by atoms with Crippen molar-refractivity contribution >= 4 is 10.1 Å². The molecule has 0 aliphatic rings. The lowest BCUT2D eigenvalue weighted by molar-refractivity contribution is 0.495. The number of hydrogen-bond donors (Lipinski definition) is 0. The van der Waals surface area contributed by atoms with E-state index in [0.29, 0.717) is 5.41 Å². The van der Waals surface area contributed by atoms with E-state index in [4.69, 9.17) is 0 Å². The molecule has 0 radical (unpaired) electrons. The molecule has 70 valence electrons. The summed E-state index contributed by atoms with van der Waals surface area (Å²) < 4.78 is 38.5. The lowest BCUT2D eigenvalue weighted by atomic mass is 10.3. The van der Waals surface area contributed by atoms with Crippen LogP contribution in [0.3, 0.4) is 0 Å². The van der Waals surface area contributed by atoms with Gasteiger partial charge in [0.1, 0.15) is 11.6 Å². The average Bonchev–Trinajstić information content (AvgIpc) is 2.09. The minimum atomic E-state index is -3.74. The Kier molecular flexibility index (Phi) is 2.67. The second kappa shape index (κ2) is 3.57. The molecule has 0 saturated heterocycles. The third-order valence-electron chi connectivity index (χ3n) is 1.23. The molecule has 0 saturated carbocycles. The van der Waals surface area contributed by atoms with Gasteiger partial charge in [0.05, 0.1) is 5.41 Å². The summed E-state index contributed by atoms with van der Waals surface area (Å²) in [7, 11) is -3.74. The smallest absolute Gasteiger partial charge is 0.331 e. The van der Waals surface area contributed by atoms with Crippen molar-refractivity contribution in [2.24, 2.45) is 0 Å². The molecular weight excluding hydrogens is 195 g/mol. The Hall–Kier alpha value is -1.36. The lowest BCUT2D eigenvalue weighted by Crippen LogP contribution is -2.04. The average molecular weight is 202 g/mol. The van der Waals surface area contributed by atoms with Crippen LogP contribution in [0.4, 0.5) is 4.39 Å². The molecule has 1 aromatic carbocycles. The Labute approximate surface area is 75.6 Å². The summed E-state index contributed by atoms with van der Waals surface area (Å²) in [5.74, 6) is -0.398. The number of benzene rings is 1. The van der Waals surface area contributed by atoms with E-state index in [9.17, 15) is 12.8 Å². The predicted octanol–water partition coefficient (Wildman–Crippen LogP) is 1.68. The molecule has 5 heteroatoms. The lowest BCUT2D eigenvalue weighted by Gasteiger charge is -2.01. The van der Waals surface area contributed by atoms with Gasteiger partial charge in [-0.05, 0) is 24.3 Å². The van der Waals surface area contributed by atoms with Crippen LogP contribution >= 0.6 is 0 Å². The van der Waals surface area contributed by atoms with E-state index in [1.165, 1.54) is 12.1 Å². The van der Waals surface area contributed by atoms with Crippen LogP contribution in [0.15, 0.2) is 36.3 Å². The van der Waals surface area contributed by atoms with E-state index in [-0.39, 0.29) is 5.75 Å². The number of hydrogen-bond acceptors (Lipinski definition) is 3. The predicted molar refractivity (Wildman–Crippen MR) is 46.1 cm³/mol. The topological polar surface area (TPSA) is 43.4 Å². The van der Waals surface area contributed by atoms with Crippen LogP contribution in [-0.2, 0) is 10.1 Å². The number of halogens is 1. The summed E-state index contributed by atoms with van der Waals surface area (Å²) in [5.41, 5.74) is 0. The first kappa shape index (κ1) is 9.73. The quantitative estimate of drug-likeness (QED) is 0.700. The van der Waals surface area contributed by atoms with Crippen LogP contribution in [0.5, 0.6) is 5.75 Å². The minimum absolute atomic E-state index is 0.0568. The van der Waals surface area contributed by atoms with Gasteiger partial charge >= 0.3 is 10.1 Å². The van der Waals surface area contributed by atoms with Gasteiger partial charge in [-0.15, -0.1) is 0 Å². The zero-order valence-electron chi connectivity index (χ0n) is 6.60. The molecule has 0 amide bonds. The maximum Gasteiger partial charge on any atom is 0.331 e. The Bertz CT molecular complexity index is 394. The van der Waals surface area contributed by atoms with Crippen LogP contribution in [-0.4, -0.2) is 8.42 Å². The fraction of sp³-hybridized carbons (Fsp3) is 0. The summed E-state index contributed by atoms with van der Waals surface area (Å²) in [6, 6.07) is 4.65. The zero-order chi connectivity index (χ0) is 9.90. The summed E-state index contributed by atoms with van der Waals surface area (Å²) in [4.78, 5) is 0. The van der Waals surface area contributed by atoms with Gasteiger partial charge in [0.15, 0.2) is 0 Å². The second-order valence-electron chi connectivity index (χ2n) is 2.20. The summed E-state index contributed by atoms with van der Waals surface area (Å²) in [6.07, 6.45) is 0. The SMILES string of the molecule is C=CS(=O)(=O)Oc1ccc(F)cc1. The van der Waals surface area contributed by atoms with E-state index in [2.05, 4.69) is 10.8 Å². The molecule has 0 aliphatic carbocycles. The van der Waals surface area contributed by atoms with Crippen molar-refractivity contribution in [3.8, 4) is 5.75 Å². The highest BCUT2D eigenvalue weighted by atomic mass is 32.2. The highest BCUT2D eigenvalue weighted by molar-refractivity contribution is 7.90. The Balaban J connectivity index is 2.88. The van der Waals surface area contributed by atoms with Gasteiger partial charge < -0.3 is 4.18 Å². The normalized spacial score (nSPS) is 10.8. The molecule has 3 nitrogen and oxygen atoms in total. The van der Waals surface area contributed by atoms with Gasteiger partial charge in [-0.25, -0.2) is 4.39 Å². The minimum Gasteiger partial charge on any atom is -0.379 e. The molecular formula is C8H7FO3S. The first-order valence-electron chi connectivity index (χ1n) is 3.36. The van der Waals surface area contributed by atoms with Crippen molar-refractivity contribution in [1.29, 1.82) is 0 Å². The molecule has 0 unspecified atom stereocenters. The largest absolute Gasteiger partial charge is 0.379 e. The Morgan fingerprint density at radius 3 is 2.31 bits per heavy atom. The monoisotopic (exact) mass is 202 g/mol. The third kappa shape index (κ3) is 2.87. The molecule has 0 atom stereocenters. The molecule has 13 heavy (non-hydrogen) atoms. The standard InChI is InChI=1S/C8H7FO3S/c1-2-13(10,11)12-8-5-3-7(9)4-6-8/h2-6H,1H2. The van der Waals surface area contributed by atoms with Crippen LogP contribution in [0.25, 0.3) is 0 Å². The highest BCUT2D eigenvalue weighted by Gasteiger charge is 2.05. The number of rotatable bonds is 3. The van der Waals surface area contributed by atoms with Gasteiger partial charge in [-0.2, -0.15) is 8.42 Å². The maximum atomic E-state index is 12.4. The fourth-order valence-electron chi connectivity index (χ4n) is 0.658. The van der Waals surface area contributed by atoms with Gasteiger partial charge in [0.2, 0.25) is 0 Å². The molecule has 0 aliphatic heterocycles. The molecule has 0 aromatic heterocycles. The molecule has 0 heterocycles. The first-order valence-corrected chi connectivity index (χ1v) is 4.83. The van der Waals surface area contributed by atoms with E-state index in [1.54, 1.807) is 0 Å². The highest BCUT2D eigenvalue weighted by Crippen LogP contribution is 2.13. The van der Waals surface area contributed by atoms with Crippen LogP contribution in [0.1, 0.15) is 0 Å². The van der Waals surface area contributed by atoms with E-state index >= 15 is 0 Å². The van der Waals surface area contributed by atoms with Crippen molar-refractivity contribution in [2.75, 3.05) is 0 Å². The van der Waals surface area contributed by atoms with E-state index < -0.39 is 15.9 Å². The van der Waals surface area contributed by atoms with E-state index in [0.717, 1.165) is 12.1 Å². The summed E-state index contributed by atoms with van der Waals surface area (Å²) in [6.45, 7) is 3.06. The summed E-state index contributed by atoms with van der Waals surface area (Å²) in [5, 5.41) is 0.677. The zero-order valence-corrected chi connectivity index (χ0v) is 7.42. The van der Waals surface area contributed by atoms with Gasteiger partial charge in [-0.3, -0.25) is 0 Å². The van der Waals surface area contributed by atoms with Crippen LogP contribution < -0.4 is 4.18 Å². The molecule has 1 rings (SSSR count). The third-order valence-corrected chi connectivity index (χ3v) is 2.06. The maximum absolute atomic E-state index is 12.4. The molecule has 0 spiro atoms.